The van der Waals surface area contributed by atoms with Gasteiger partial charge in [0.25, 0.3) is 0 Å². The molecule has 0 saturated heterocycles. The summed E-state index contributed by atoms with van der Waals surface area (Å²) in [4.78, 5) is 58.3. The number of aliphatic imine (C=N–C) groups is 2. The van der Waals surface area contributed by atoms with Crippen molar-refractivity contribution in [1.29, 1.82) is 0 Å². The lowest BCUT2D eigenvalue weighted by Gasteiger charge is -2.28. The molecule has 0 rings (SSSR count). The summed E-state index contributed by atoms with van der Waals surface area (Å²) in [5, 5.41) is 17.4. The Balaban J connectivity index is 5.41. The molecule has 0 spiro atoms. The second-order valence-corrected chi connectivity index (χ2v) is 10.1. The maximum Gasteiger partial charge on any atom is 0.326 e. The van der Waals surface area contributed by atoms with Gasteiger partial charge in [0, 0.05) is 13.1 Å². The molecule has 0 aliphatic heterocycles. The molecule has 0 fully saturated rings. The summed E-state index contributed by atoms with van der Waals surface area (Å²) < 4.78 is 0. The van der Waals surface area contributed by atoms with E-state index in [-0.39, 0.29) is 37.2 Å². The highest BCUT2D eigenvalue weighted by Crippen LogP contribution is 2.11. The fraction of sp³-hybridized carbons (Fsp3) is 0.739. The lowest BCUT2D eigenvalue weighted by molar-refractivity contribution is -0.142. The molecule has 224 valence electrons. The van der Waals surface area contributed by atoms with Gasteiger partial charge >= 0.3 is 5.97 Å². The standard InChI is InChI=1S/C23H46N10O5S/c1-4-13(2)17(33-18(34)14(24)7-5-10-29-22(25)26)20(36)31-15(9-12-39-3)19(35)32-16(21(37)38)8-6-11-30-23(27)28/h13-17H,4-12,24H2,1-3H3,(H,31,36)(H,32,35)(H,33,34)(H,37,38)(H4,25,26,29)(H4,27,28,30). The third-order valence-corrected chi connectivity index (χ3v) is 6.55. The van der Waals surface area contributed by atoms with E-state index in [1.165, 1.54) is 11.8 Å². The molecule has 14 N–H and O–H groups in total. The first-order valence-electron chi connectivity index (χ1n) is 12.8. The van der Waals surface area contributed by atoms with Crippen molar-refractivity contribution in [1.82, 2.24) is 16.0 Å². The van der Waals surface area contributed by atoms with Gasteiger partial charge < -0.3 is 49.7 Å². The monoisotopic (exact) mass is 574 g/mol. The quantitative estimate of drug-likeness (QED) is 0.0425. The van der Waals surface area contributed by atoms with Gasteiger partial charge in [0.1, 0.15) is 18.1 Å². The Morgan fingerprint density at radius 3 is 1.85 bits per heavy atom. The molecule has 0 aromatic heterocycles. The molecule has 16 heteroatoms. The van der Waals surface area contributed by atoms with E-state index in [2.05, 4.69) is 25.9 Å². The van der Waals surface area contributed by atoms with Crippen molar-refractivity contribution < 1.29 is 24.3 Å². The summed E-state index contributed by atoms with van der Waals surface area (Å²) in [7, 11) is 0. The SMILES string of the molecule is CCC(C)C(NC(=O)C(N)CCCN=C(N)N)C(=O)NC(CCSC)C(=O)NC(CCCN=C(N)N)C(=O)O. The predicted molar refractivity (Wildman–Crippen MR) is 154 cm³/mol. The lowest BCUT2D eigenvalue weighted by Crippen LogP contribution is -2.58. The largest absolute Gasteiger partial charge is 0.480 e. The molecule has 0 saturated carbocycles. The number of guanidine groups is 2. The zero-order valence-electron chi connectivity index (χ0n) is 23.0. The molecule has 5 atom stereocenters. The highest BCUT2D eigenvalue weighted by molar-refractivity contribution is 7.98. The van der Waals surface area contributed by atoms with Crippen molar-refractivity contribution in [2.45, 2.75) is 76.5 Å². The Morgan fingerprint density at radius 1 is 0.821 bits per heavy atom. The van der Waals surface area contributed by atoms with Crippen molar-refractivity contribution in [3.05, 3.63) is 0 Å². The Labute approximate surface area is 233 Å². The van der Waals surface area contributed by atoms with Gasteiger partial charge in [-0.25, -0.2) is 4.79 Å². The van der Waals surface area contributed by atoms with Crippen LogP contribution < -0.4 is 44.6 Å². The van der Waals surface area contributed by atoms with Crippen LogP contribution >= 0.6 is 11.8 Å². The fourth-order valence-corrected chi connectivity index (χ4v) is 3.88. The van der Waals surface area contributed by atoms with Crippen molar-refractivity contribution in [2.75, 3.05) is 25.1 Å². The second kappa shape index (κ2) is 19.7. The maximum atomic E-state index is 13.3. The molecule has 0 aliphatic rings. The van der Waals surface area contributed by atoms with Gasteiger partial charge in [0.15, 0.2) is 11.9 Å². The van der Waals surface area contributed by atoms with E-state index in [1.807, 2.05) is 13.2 Å². The minimum atomic E-state index is -1.22. The fourth-order valence-electron chi connectivity index (χ4n) is 3.41. The van der Waals surface area contributed by atoms with Gasteiger partial charge in [0.2, 0.25) is 17.7 Å². The van der Waals surface area contributed by atoms with Gasteiger partial charge in [-0.2, -0.15) is 11.8 Å². The average Bonchev–Trinajstić information content (AvgIpc) is 2.87. The summed E-state index contributed by atoms with van der Waals surface area (Å²) in [5.74, 6) is -2.85. The second-order valence-electron chi connectivity index (χ2n) is 9.12. The van der Waals surface area contributed by atoms with Crippen LogP contribution in [0.3, 0.4) is 0 Å². The van der Waals surface area contributed by atoms with E-state index in [9.17, 15) is 24.3 Å². The third kappa shape index (κ3) is 15.7. The Morgan fingerprint density at radius 2 is 1.36 bits per heavy atom. The normalized spacial score (nSPS) is 14.6. The Kier molecular flexibility index (Phi) is 18.1. The van der Waals surface area contributed by atoms with Gasteiger partial charge in [-0.15, -0.1) is 0 Å². The zero-order valence-corrected chi connectivity index (χ0v) is 23.8. The smallest absolute Gasteiger partial charge is 0.326 e. The van der Waals surface area contributed by atoms with Gasteiger partial charge in [0.05, 0.1) is 6.04 Å². The number of nitrogens with two attached hydrogens (primary N) is 5. The summed E-state index contributed by atoms with van der Waals surface area (Å²) in [6.07, 6.45) is 3.85. The number of carbonyl (C=O) groups excluding carboxylic acids is 3. The van der Waals surface area contributed by atoms with Crippen molar-refractivity contribution in [3.63, 3.8) is 0 Å². The van der Waals surface area contributed by atoms with Crippen LogP contribution in [0.2, 0.25) is 0 Å². The van der Waals surface area contributed by atoms with Crippen LogP contribution in [0.15, 0.2) is 9.98 Å². The first-order chi connectivity index (χ1) is 18.3. The lowest BCUT2D eigenvalue weighted by atomic mass is 9.97. The number of nitrogens with one attached hydrogen (secondary N) is 3. The van der Waals surface area contributed by atoms with E-state index in [0.717, 1.165) is 0 Å². The molecule has 0 aromatic carbocycles. The van der Waals surface area contributed by atoms with Crippen LogP contribution in [0.25, 0.3) is 0 Å². The highest BCUT2D eigenvalue weighted by atomic mass is 32.2. The molecule has 0 radical (unpaired) electrons. The van der Waals surface area contributed by atoms with Crippen LogP contribution in [0.1, 0.15) is 52.4 Å². The molecular formula is C23H46N10O5S. The number of carboxylic acid groups (broad SMARTS) is 1. The van der Waals surface area contributed by atoms with E-state index < -0.39 is 47.9 Å². The van der Waals surface area contributed by atoms with Crippen LogP contribution in [-0.2, 0) is 19.2 Å². The molecule has 0 aliphatic carbocycles. The van der Waals surface area contributed by atoms with E-state index in [1.54, 1.807) is 6.92 Å². The third-order valence-electron chi connectivity index (χ3n) is 5.90. The summed E-state index contributed by atoms with van der Waals surface area (Å²) in [6.45, 7) is 4.19. The highest BCUT2D eigenvalue weighted by Gasteiger charge is 2.32. The van der Waals surface area contributed by atoms with Gasteiger partial charge in [-0.1, -0.05) is 20.3 Å². The molecule has 3 amide bonds. The van der Waals surface area contributed by atoms with E-state index >= 15 is 0 Å². The van der Waals surface area contributed by atoms with Crippen LogP contribution in [-0.4, -0.2) is 90.0 Å². The first kappa shape index (κ1) is 35.7. The minimum Gasteiger partial charge on any atom is -0.480 e. The summed E-state index contributed by atoms with van der Waals surface area (Å²) in [5.41, 5.74) is 27.1. The number of rotatable bonds is 20. The van der Waals surface area contributed by atoms with Gasteiger partial charge in [-0.05, 0) is 50.0 Å². The zero-order chi connectivity index (χ0) is 30.0. The molecule has 0 bridgehead atoms. The van der Waals surface area contributed by atoms with E-state index in [0.29, 0.717) is 38.0 Å². The Hall–Kier alpha value is -3.27. The number of aliphatic carboxylic acids is 1. The van der Waals surface area contributed by atoms with Crippen molar-refractivity contribution in [2.24, 2.45) is 44.6 Å². The number of amides is 3. The molecular weight excluding hydrogens is 528 g/mol. The topological polar surface area (TPSA) is 279 Å². The molecule has 0 aromatic rings. The average molecular weight is 575 g/mol. The minimum absolute atomic E-state index is 0.0535. The summed E-state index contributed by atoms with van der Waals surface area (Å²) >= 11 is 1.47. The number of thioether (sulfide) groups is 1. The number of nitrogens with zero attached hydrogens (tertiary/aromatic N) is 2. The molecule has 5 unspecified atom stereocenters. The van der Waals surface area contributed by atoms with Crippen molar-refractivity contribution in [3.8, 4) is 0 Å². The predicted octanol–water partition coefficient (Wildman–Crippen LogP) is -2.24. The first-order valence-corrected chi connectivity index (χ1v) is 14.2. The summed E-state index contributed by atoms with van der Waals surface area (Å²) in [6, 6.07) is -4.04. The number of carbonyl (C=O) groups is 4. The van der Waals surface area contributed by atoms with Gasteiger partial charge in [-0.3, -0.25) is 24.4 Å². The van der Waals surface area contributed by atoms with Crippen LogP contribution in [0.4, 0.5) is 0 Å². The molecule has 39 heavy (non-hydrogen) atoms. The number of carboxylic acids is 1. The molecule has 0 heterocycles. The van der Waals surface area contributed by atoms with Crippen LogP contribution in [0, 0.1) is 5.92 Å². The van der Waals surface area contributed by atoms with Crippen LogP contribution in [0.5, 0.6) is 0 Å². The van der Waals surface area contributed by atoms with Crippen molar-refractivity contribution >= 4 is 47.4 Å². The Bertz CT molecular complexity index is 849. The van der Waals surface area contributed by atoms with E-state index in [4.69, 9.17) is 28.7 Å². The maximum absolute atomic E-state index is 13.3. The number of hydrogen-bond acceptors (Lipinski definition) is 8. The number of hydrogen-bond donors (Lipinski definition) is 9. The molecule has 15 nitrogen and oxygen atoms in total.